The van der Waals surface area contributed by atoms with E-state index in [9.17, 15) is 4.79 Å². The summed E-state index contributed by atoms with van der Waals surface area (Å²) >= 11 is 0. The summed E-state index contributed by atoms with van der Waals surface area (Å²) in [5.41, 5.74) is 13.7. The summed E-state index contributed by atoms with van der Waals surface area (Å²) in [6.45, 7) is 7.11. The van der Waals surface area contributed by atoms with E-state index in [0.717, 1.165) is 35.5 Å². The number of hydrogen-bond acceptors (Lipinski definition) is 3. The monoisotopic (exact) mass is 412 g/mol. The summed E-state index contributed by atoms with van der Waals surface area (Å²) in [7, 11) is 0. The van der Waals surface area contributed by atoms with Gasteiger partial charge in [0.1, 0.15) is 0 Å². The summed E-state index contributed by atoms with van der Waals surface area (Å²) in [5.74, 6) is 0.283. The Labute approximate surface area is 182 Å². The highest BCUT2D eigenvalue weighted by atomic mass is 16.1. The summed E-state index contributed by atoms with van der Waals surface area (Å²) < 4.78 is 2.15. The summed E-state index contributed by atoms with van der Waals surface area (Å²) in [5, 5.41) is 3.44. The van der Waals surface area contributed by atoms with E-state index < -0.39 is 5.91 Å². The molecule has 31 heavy (non-hydrogen) atoms. The quantitative estimate of drug-likeness (QED) is 0.421. The molecule has 5 heteroatoms. The average molecular weight is 413 g/mol. The minimum Gasteiger partial charge on any atom is -0.366 e. The number of benzene rings is 3. The smallest absolute Gasteiger partial charge is 0.248 e. The minimum absolute atomic E-state index is 0.452. The molecule has 0 aliphatic heterocycles. The average Bonchev–Trinajstić information content (AvgIpc) is 3.08. The first kappa shape index (κ1) is 20.7. The zero-order valence-electron chi connectivity index (χ0n) is 18.3. The fourth-order valence-corrected chi connectivity index (χ4v) is 3.85. The lowest BCUT2D eigenvalue weighted by molar-refractivity contribution is 0.100. The van der Waals surface area contributed by atoms with Gasteiger partial charge in [-0.15, -0.1) is 0 Å². The van der Waals surface area contributed by atoms with Gasteiger partial charge in [-0.05, 0) is 67.3 Å². The lowest BCUT2D eigenvalue weighted by atomic mass is 10.0. The van der Waals surface area contributed by atoms with Gasteiger partial charge in [-0.3, -0.25) is 4.79 Å². The Balaban J connectivity index is 1.78. The molecule has 3 aromatic carbocycles. The Kier molecular flexibility index (Phi) is 5.76. The van der Waals surface area contributed by atoms with Gasteiger partial charge in [0.15, 0.2) is 0 Å². The second-order valence-electron chi connectivity index (χ2n) is 8.09. The molecule has 0 aliphatic carbocycles. The predicted octanol–water partition coefficient (Wildman–Crippen LogP) is 5.50. The van der Waals surface area contributed by atoms with Crippen LogP contribution in [0, 0.1) is 13.8 Å². The zero-order valence-corrected chi connectivity index (χ0v) is 18.3. The van der Waals surface area contributed by atoms with Crippen LogP contribution in [0.2, 0.25) is 0 Å². The van der Waals surface area contributed by atoms with Crippen molar-refractivity contribution in [1.82, 2.24) is 9.55 Å². The molecule has 1 amide bonds. The number of nitrogens with one attached hydrogen (secondary N) is 1. The van der Waals surface area contributed by atoms with Gasteiger partial charge in [0, 0.05) is 11.3 Å². The lowest BCUT2D eigenvalue weighted by Crippen LogP contribution is -2.10. The predicted molar refractivity (Wildman–Crippen MR) is 127 cm³/mol. The first-order chi connectivity index (χ1) is 14.9. The highest BCUT2D eigenvalue weighted by Crippen LogP contribution is 2.26. The molecule has 0 bridgehead atoms. The Hall–Kier alpha value is -3.60. The van der Waals surface area contributed by atoms with Crippen LogP contribution < -0.4 is 11.1 Å². The number of primary amides is 1. The van der Waals surface area contributed by atoms with E-state index >= 15 is 0 Å². The van der Waals surface area contributed by atoms with Crippen LogP contribution in [0.15, 0.2) is 60.7 Å². The van der Waals surface area contributed by atoms with E-state index in [1.54, 1.807) is 12.1 Å². The minimum atomic E-state index is -0.452. The van der Waals surface area contributed by atoms with Crippen molar-refractivity contribution >= 4 is 28.6 Å². The summed E-state index contributed by atoms with van der Waals surface area (Å²) in [4.78, 5) is 16.4. The molecule has 0 saturated heterocycles. The van der Waals surface area contributed by atoms with Crippen LogP contribution in [0.1, 0.15) is 46.0 Å². The number of nitrogens with zero attached hydrogens (tertiary/aromatic N) is 2. The molecule has 0 fully saturated rings. The molecule has 1 heterocycles. The molecule has 0 radical (unpaired) electrons. The summed E-state index contributed by atoms with van der Waals surface area (Å²) in [6, 6.07) is 20.3. The fraction of sp³-hybridized carbons (Fsp3) is 0.231. The van der Waals surface area contributed by atoms with Gasteiger partial charge in [0.25, 0.3) is 0 Å². The first-order valence-electron chi connectivity index (χ1n) is 10.7. The Morgan fingerprint density at radius 1 is 1.03 bits per heavy atom. The van der Waals surface area contributed by atoms with Gasteiger partial charge in [0.2, 0.25) is 11.9 Å². The molecule has 1 aromatic heterocycles. The fourth-order valence-electron chi connectivity index (χ4n) is 3.85. The molecule has 0 atom stereocenters. The number of amides is 1. The number of carbonyl (C=O) groups is 1. The second kappa shape index (κ2) is 8.64. The Bertz CT molecular complexity index is 1240. The van der Waals surface area contributed by atoms with Crippen molar-refractivity contribution in [2.24, 2.45) is 5.73 Å². The molecular formula is C26H28N4O. The molecule has 158 valence electrons. The maximum absolute atomic E-state index is 11.7. The molecule has 5 nitrogen and oxygen atoms in total. The van der Waals surface area contributed by atoms with Crippen molar-refractivity contribution in [3.05, 3.63) is 88.5 Å². The van der Waals surface area contributed by atoms with Crippen LogP contribution in [0.5, 0.6) is 0 Å². The van der Waals surface area contributed by atoms with E-state index in [4.69, 9.17) is 10.7 Å². The molecular weight excluding hydrogens is 384 g/mol. The van der Waals surface area contributed by atoms with E-state index in [1.807, 2.05) is 18.2 Å². The van der Waals surface area contributed by atoms with Crippen LogP contribution in [-0.2, 0) is 13.0 Å². The SMILES string of the molecule is CCCc1cc(Cn2c(Nc3ccc(C)cc3)nc3cc(C(N)=O)ccc32)ccc1C. The van der Waals surface area contributed by atoms with Crippen LogP contribution in [0.25, 0.3) is 11.0 Å². The van der Waals surface area contributed by atoms with Gasteiger partial charge in [0.05, 0.1) is 17.6 Å². The Morgan fingerprint density at radius 3 is 2.52 bits per heavy atom. The normalized spacial score (nSPS) is 11.1. The molecule has 0 spiro atoms. The maximum Gasteiger partial charge on any atom is 0.248 e. The first-order valence-corrected chi connectivity index (χ1v) is 10.7. The van der Waals surface area contributed by atoms with E-state index in [1.165, 1.54) is 22.3 Å². The van der Waals surface area contributed by atoms with Gasteiger partial charge in [-0.1, -0.05) is 49.2 Å². The molecule has 0 saturated carbocycles. The van der Waals surface area contributed by atoms with Gasteiger partial charge < -0.3 is 15.6 Å². The van der Waals surface area contributed by atoms with Gasteiger partial charge >= 0.3 is 0 Å². The number of nitrogens with two attached hydrogens (primary N) is 1. The van der Waals surface area contributed by atoms with E-state index in [2.05, 4.69) is 61.0 Å². The number of fused-ring (bicyclic) bond motifs is 1. The third kappa shape index (κ3) is 4.45. The number of hydrogen-bond donors (Lipinski definition) is 2. The highest BCUT2D eigenvalue weighted by molar-refractivity contribution is 5.96. The third-order valence-corrected chi connectivity index (χ3v) is 5.61. The molecule has 3 N–H and O–H groups in total. The van der Waals surface area contributed by atoms with Crippen LogP contribution in [0.4, 0.5) is 11.6 Å². The molecule has 0 aliphatic rings. The number of aromatic nitrogens is 2. The highest BCUT2D eigenvalue weighted by Gasteiger charge is 2.14. The molecule has 4 aromatic rings. The maximum atomic E-state index is 11.7. The number of imidazole rings is 1. The van der Waals surface area contributed by atoms with Crippen molar-refractivity contribution in [2.45, 2.75) is 40.2 Å². The van der Waals surface area contributed by atoms with E-state index in [0.29, 0.717) is 12.1 Å². The van der Waals surface area contributed by atoms with Gasteiger partial charge in [-0.25, -0.2) is 4.98 Å². The second-order valence-corrected chi connectivity index (χ2v) is 8.09. The van der Waals surface area contributed by atoms with Crippen molar-refractivity contribution in [2.75, 3.05) is 5.32 Å². The topological polar surface area (TPSA) is 72.9 Å². The van der Waals surface area contributed by atoms with Gasteiger partial charge in [-0.2, -0.15) is 0 Å². The standard InChI is InChI=1S/C26H28N4O/c1-4-5-20-14-19(9-8-18(20)3)16-30-24-13-10-21(25(27)31)15-23(24)29-26(30)28-22-11-6-17(2)7-12-22/h6-15H,4-5,16H2,1-3H3,(H2,27,31)(H,28,29). The molecule has 0 unspecified atom stereocenters. The van der Waals surface area contributed by atoms with Crippen molar-refractivity contribution in [1.29, 1.82) is 0 Å². The number of carbonyl (C=O) groups excluding carboxylic acids is 1. The Morgan fingerprint density at radius 2 is 1.81 bits per heavy atom. The number of rotatable bonds is 7. The van der Waals surface area contributed by atoms with Crippen molar-refractivity contribution in [3.8, 4) is 0 Å². The zero-order chi connectivity index (χ0) is 22.0. The largest absolute Gasteiger partial charge is 0.366 e. The van der Waals surface area contributed by atoms with Crippen LogP contribution in [-0.4, -0.2) is 15.5 Å². The number of anilines is 2. The molecule has 4 rings (SSSR count). The lowest BCUT2D eigenvalue weighted by Gasteiger charge is -2.13. The van der Waals surface area contributed by atoms with Crippen LogP contribution in [0.3, 0.4) is 0 Å². The van der Waals surface area contributed by atoms with Crippen LogP contribution >= 0.6 is 0 Å². The van der Waals surface area contributed by atoms with Crippen molar-refractivity contribution in [3.63, 3.8) is 0 Å². The third-order valence-electron chi connectivity index (χ3n) is 5.61. The van der Waals surface area contributed by atoms with Crippen molar-refractivity contribution < 1.29 is 4.79 Å². The summed E-state index contributed by atoms with van der Waals surface area (Å²) in [6.07, 6.45) is 2.19. The number of aryl methyl sites for hydroxylation is 3. The van der Waals surface area contributed by atoms with E-state index in [-0.39, 0.29) is 0 Å².